The van der Waals surface area contributed by atoms with Crippen LogP contribution in [-0.2, 0) is 16.1 Å². The Kier molecular flexibility index (Phi) is 6.50. The number of carbonyl (C=O) groups excluding carboxylic acids is 1. The molecule has 0 radical (unpaired) electrons. The Morgan fingerprint density at radius 3 is 2.54 bits per heavy atom. The first-order valence-corrected chi connectivity index (χ1v) is 12.8. The summed E-state index contributed by atoms with van der Waals surface area (Å²) < 4.78 is 5.25. The number of anilines is 2. The van der Waals surface area contributed by atoms with Gasteiger partial charge in [0.1, 0.15) is 6.04 Å². The molecule has 1 fully saturated rings. The summed E-state index contributed by atoms with van der Waals surface area (Å²) in [5.74, 6) is 0.314. The largest absolute Gasteiger partial charge is 0.468 e. The maximum atomic E-state index is 13.0. The van der Waals surface area contributed by atoms with Crippen LogP contribution in [0.5, 0.6) is 0 Å². The molecule has 1 aromatic heterocycles. The van der Waals surface area contributed by atoms with Gasteiger partial charge in [0.2, 0.25) is 5.95 Å². The second-order valence-corrected chi connectivity index (χ2v) is 9.83. The maximum Gasteiger partial charge on any atom is 0.323 e. The topological polar surface area (TPSA) is 102 Å². The van der Waals surface area contributed by atoms with E-state index >= 15 is 0 Å². The molecule has 1 saturated heterocycles. The van der Waals surface area contributed by atoms with Crippen LogP contribution in [0.25, 0.3) is 11.1 Å². The summed E-state index contributed by atoms with van der Waals surface area (Å²) in [7, 11) is 1.43. The molecule has 3 unspecified atom stereocenters. The molecule has 2 aliphatic heterocycles. The molecule has 9 heteroatoms. The fourth-order valence-electron chi connectivity index (χ4n) is 5.99. The zero-order valence-corrected chi connectivity index (χ0v) is 21.4. The van der Waals surface area contributed by atoms with E-state index in [4.69, 9.17) is 4.74 Å². The number of esters is 1. The van der Waals surface area contributed by atoms with Crippen molar-refractivity contribution in [2.45, 2.75) is 31.0 Å². The molecule has 0 N–H and O–H groups in total. The lowest BCUT2D eigenvalue weighted by molar-refractivity contribution is -0.384. The van der Waals surface area contributed by atoms with Crippen molar-refractivity contribution >= 4 is 23.3 Å². The molecule has 3 aromatic carbocycles. The molecule has 0 saturated carbocycles. The number of aromatic nitrogens is 2. The highest BCUT2D eigenvalue weighted by atomic mass is 16.6. The first-order chi connectivity index (χ1) is 19.0. The molecule has 0 aliphatic carbocycles. The van der Waals surface area contributed by atoms with Gasteiger partial charge in [-0.15, -0.1) is 0 Å². The molecule has 3 atom stereocenters. The number of fused-ring (bicyclic) bond motifs is 3. The highest BCUT2D eigenvalue weighted by Gasteiger charge is 2.49. The normalized spacial score (nSPS) is 20.2. The third-order valence-electron chi connectivity index (χ3n) is 7.68. The van der Waals surface area contributed by atoms with Crippen LogP contribution in [-0.4, -0.2) is 51.5 Å². The minimum atomic E-state index is -0.414. The van der Waals surface area contributed by atoms with Crippen molar-refractivity contribution in [2.75, 3.05) is 18.6 Å². The number of non-ortho nitro benzene ring substituents is 1. The predicted molar refractivity (Wildman–Crippen MR) is 147 cm³/mol. The van der Waals surface area contributed by atoms with Crippen molar-refractivity contribution in [3.05, 3.63) is 112 Å². The lowest BCUT2D eigenvalue weighted by Gasteiger charge is -2.42. The second-order valence-electron chi connectivity index (χ2n) is 9.83. The van der Waals surface area contributed by atoms with Gasteiger partial charge in [0, 0.05) is 49.1 Å². The van der Waals surface area contributed by atoms with Gasteiger partial charge >= 0.3 is 5.97 Å². The summed E-state index contributed by atoms with van der Waals surface area (Å²) in [5.41, 5.74) is 4.74. The number of nitrogens with zero attached hydrogens (tertiary/aromatic N) is 5. The lowest BCUT2D eigenvalue weighted by Crippen LogP contribution is -2.54. The Morgan fingerprint density at radius 2 is 1.79 bits per heavy atom. The van der Waals surface area contributed by atoms with Gasteiger partial charge in [-0.1, -0.05) is 60.7 Å². The molecule has 9 nitrogen and oxygen atoms in total. The van der Waals surface area contributed by atoms with Gasteiger partial charge in [0.15, 0.2) is 0 Å². The number of rotatable bonds is 6. The number of nitro groups is 1. The minimum Gasteiger partial charge on any atom is -0.468 e. The Morgan fingerprint density at radius 1 is 1.03 bits per heavy atom. The molecule has 0 spiro atoms. The van der Waals surface area contributed by atoms with E-state index in [1.54, 1.807) is 30.6 Å². The second kappa shape index (κ2) is 10.3. The lowest BCUT2D eigenvalue weighted by atomic mass is 9.83. The van der Waals surface area contributed by atoms with Gasteiger partial charge in [-0.3, -0.25) is 19.8 Å². The first-order valence-electron chi connectivity index (χ1n) is 12.8. The highest BCUT2D eigenvalue weighted by Crippen LogP contribution is 2.53. The zero-order chi connectivity index (χ0) is 26.9. The van der Waals surface area contributed by atoms with Gasteiger partial charge in [-0.25, -0.2) is 9.97 Å². The fraction of sp³-hybridized carbons (Fsp3) is 0.233. The van der Waals surface area contributed by atoms with Gasteiger partial charge in [0.05, 0.1) is 23.8 Å². The molecular formula is C30H27N5O4. The highest BCUT2D eigenvalue weighted by molar-refractivity contribution is 5.88. The minimum absolute atomic E-state index is 0.0126. The Balaban J connectivity index is 1.48. The number of hydrogen-bond donors (Lipinski definition) is 0. The van der Waals surface area contributed by atoms with Crippen molar-refractivity contribution in [1.82, 2.24) is 14.9 Å². The van der Waals surface area contributed by atoms with Crippen LogP contribution in [0.1, 0.15) is 23.5 Å². The summed E-state index contributed by atoms with van der Waals surface area (Å²) >= 11 is 0. The molecule has 3 heterocycles. The van der Waals surface area contributed by atoms with Crippen LogP contribution < -0.4 is 4.90 Å². The maximum absolute atomic E-state index is 13.0. The van der Waals surface area contributed by atoms with Crippen LogP contribution in [0.4, 0.5) is 17.3 Å². The van der Waals surface area contributed by atoms with Gasteiger partial charge in [-0.2, -0.15) is 0 Å². The number of hydrogen-bond acceptors (Lipinski definition) is 8. The SMILES string of the molecule is COC(=O)C1CC2c3cccc(-c4cccc([N+](=O)[O-])c4)c3N(c3ncccn3)C2CN1Cc1ccccc1. The summed E-state index contributed by atoms with van der Waals surface area (Å²) in [5, 5.41) is 11.5. The average molecular weight is 522 g/mol. The quantitative estimate of drug-likeness (QED) is 0.196. The summed E-state index contributed by atoms with van der Waals surface area (Å²) in [6, 6.07) is 24.1. The van der Waals surface area contributed by atoms with E-state index in [0.29, 0.717) is 25.5 Å². The van der Waals surface area contributed by atoms with Crippen molar-refractivity contribution in [3.63, 3.8) is 0 Å². The van der Waals surface area contributed by atoms with E-state index < -0.39 is 6.04 Å². The molecule has 4 aromatic rings. The van der Waals surface area contributed by atoms with E-state index in [1.807, 2.05) is 36.4 Å². The molecule has 0 bridgehead atoms. The molecule has 2 aliphatic rings. The zero-order valence-electron chi connectivity index (χ0n) is 21.4. The average Bonchev–Trinajstić information content (AvgIpc) is 3.30. The molecule has 6 rings (SSSR count). The number of methoxy groups -OCH3 is 1. The summed E-state index contributed by atoms with van der Waals surface area (Å²) in [6.07, 6.45) is 4.00. The molecule has 196 valence electrons. The summed E-state index contributed by atoms with van der Waals surface area (Å²) in [6.45, 7) is 1.18. The van der Waals surface area contributed by atoms with E-state index in [-0.39, 0.29) is 28.5 Å². The standard InChI is InChI=1S/C30H27N5O4/c1-39-29(36)26-17-25-24-13-6-12-23(21-10-5-11-22(16-21)35(37)38)28(24)34(30-31-14-7-15-32-30)27(25)19-33(26)18-20-8-3-2-4-9-20/h2-16,25-27H,17-19H2,1H3. The van der Waals surface area contributed by atoms with Crippen LogP contribution >= 0.6 is 0 Å². The van der Waals surface area contributed by atoms with E-state index in [1.165, 1.54) is 13.2 Å². The monoisotopic (exact) mass is 521 g/mol. The number of piperidine rings is 1. The van der Waals surface area contributed by atoms with Crippen molar-refractivity contribution in [1.29, 1.82) is 0 Å². The van der Waals surface area contributed by atoms with Crippen molar-refractivity contribution in [2.24, 2.45) is 0 Å². The smallest absolute Gasteiger partial charge is 0.323 e. The number of para-hydroxylation sites is 1. The van der Waals surface area contributed by atoms with Gasteiger partial charge < -0.3 is 9.64 Å². The molecule has 39 heavy (non-hydrogen) atoms. The Hall–Kier alpha value is -4.63. The number of carbonyl (C=O) groups is 1. The third-order valence-corrected chi connectivity index (χ3v) is 7.68. The van der Waals surface area contributed by atoms with Crippen molar-refractivity contribution in [3.8, 4) is 11.1 Å². The summed E-state index contributed by atoms with van der Waals surface area (Å²) in [4.78, 5) is 37.8. The molecule has 0 amide bonds. The van der Waals surface area contributed by atoms with Crippen LogP contribution in [0, 0.1) is 10.1 Å². The fourth-order valence-corrected chi connectivity index (χ4v) is 5.99. The van der Waals surface area contributed by atoms with Crippen LogP contribution in [0.15, 0.2) is 91.3 Å². The number of likely N-dealkylation sites (tertiary alicyclic amines) is 1. The van der Waals surface area contributed by atoms with Crippen LogP contribution in [0.3, 0.4) is 0 Å². The number of nitro benzene ring substituents is 1. The van der Waals surface area contributed by atoms with E-state index in [0.717, 1.165) is 27.9 Å². The van der Waals surface area contributed by atoms with Gasteiger partial charge in [-0.05, 0) is 29.2 Å². The Labute approximate surface area is 225 Å². The number of ether oxygens (including phenoxy) is 1. The third kappa shape index (κ3) is 4.51. The van der Waals surface area contributed by atoms with E-state index in [9.17, 15) is 14.9 Å². The van der Waals surface area contributed by atoms with E-state index in [2.05, 4.69) is 38.0 Å². The van der Waals surface area contributed by atoms with Crippen molar-refractivity contribution < 1.29 is 14.5 Å². The predicted octanol–water partition coefficient (Wildman–Crippen LogP) is 5.10. The Bertz CT molecular complexity index is 1510. The number of benzene rings is 3. The first kappa shape index (κ1) is 24.7. The van der Waals surface area contributed by atoms with Crippen LogP contribution in [0.2, 0.25) is 0 Å². The van der Waals surface area contributed by atoms with Gasteiger partial charge in [0.25, 0.3) is 5.69 Å². The molecular weight excluding hydrogens is 494 g/mol.